The van der Waals surface area contributed by atoms with Crippen LogP contribution in [0.15, 0.2) is 22.7 Å². The highest BCUT2D eigenvalue weighted by Crippen LogP contribution is 2.26. The standard InChI is InChI=1S/C18H26BrN3O3/c1-18(2,3)25-17(24)22-13-7-5-12(6-8-13)21-15-10-11(19)4-9-14(15)16(20)23/h4,9-10,12-13,21H,5-8H2,1-3H3,(H2,20,23)(H,22,24). The number of hydrogen-bond donors (Lipinski definition) is 3. The van der Waals surface area contributed by atoms with Crippen LogP contribution in [0.1, 0.15) is 56.8 Å². The molecule has 0 radical (unpaired) electrons. The van der Waals surface area contributed by atoms with Crippen molar-refractivity contribution in [3.63, 3.8) is 0 Å². The summed E-state index contributed by atoms with van der Waals surface area (Å²) in [7, 11) is 0. The minimum Gasteiger partial charge on any atom is -0.444 e. The van der Waals surface area contributed by atoms with Gasteiger partial charge in [-0.2, -0.15) is 0 Å². The van der Waals surface area contributed by atoms with E-state index in [1.807, 2.05) is 26.8 Å². The number of halogens is 1. The predicted molar refractivity (Wildman–Crippen MR) is 102 cm³/mol. The Bertz CT molecular complexity index is 635. The molecule has 6 nitrogen and oxygen atoms in total. The molecule has 0 bridgehead atoms. The zero-order chi connectivity index (χ0) is 18.6. The lowest BCUT2D eigenvalue weighted by molar-refractivity contribution is 0.0492. The molecule has 0 heterocycles. The second kappa shape index (κ2) is 8.08. The predicted octanol–water partition coefficient (Wildman–Crippen LogP) is 3.80. The Balaban J connectivity index is 1.88. The fourth-order valence-electron chi connectivity index (χ4n) is 2.93. The van der Waals surface area contributed by atoms with Gasteiger partial charge in [0.15, 0.2) is 0 Å². The number of primary amides is 1. The SMILES string of the molecule is CC(C)(C)OC(=O)NC1CCC(Nc2cc(Br)ccc2C(N)=O)CC1. The minimum absolute atomic E-state index is 0.117. The van der Waals surface area contributed by atoms with Crippen molar-refractivity contribution in [2.75, 3.05) is 5.32 Å². The second-order valence-electron chi connectivity index (χ2n) is 7.39. The highest BCUT2D eigenvalue weighted by atomic mass is 79.9. The Labute approximate surface area is 157 Å². The molecular formula is C18H26BrN3O3. The molecule has 1 saturated carbocycles. The van der Waals surface area contributed by atoms with Crippen LogP contribution in [-0.2, 0) is 4.74 Å². The van der Waals surface area contributed by atoms with Crippen molar-refractivity contribution in [2.24, 2.45) is 5.73 Å². The number of nitrogens with two attached hydrogens (primary N) is 1. The van der Waals surface area contributed by atoms with Gasteiger partial charge >= 0.3 is 6.09 Å². The van der Waals surface area contributed by atoms with Crippen molar-refractivity contribution in [3.05, 3.63) is 28.2 Å². The van der Waals surface area contributed by atoms with E-state index < -0.39 is 11.5 Å². The molecule has 4 N–H and O–H groups in total. The lowest BCUT2D eigenvalue weighted by Crippen LogP contribution is -2.42. The molecule has 0 unspecified atom stereocenters. The first-order chi connectivity index (χ1) is 11.6. The van der Waals surface area contributed by atoms with Crippen LogP contribution in [0.2, 0.25) is 0 Å². The minimum atomic E-state index is -0.491. The molecule has 1 fully saturated rings. The van der Waals surface area contributed by atoms with E-state index >= 15 is 0 Å². The fraction of sp³-hybridized carbons (Fsp3) is 0.556. The molecule has 1 aliphatic carbocycles. The molecule has 1 aromatic carbocycles. The average molecular weight is 412 g/mol. The van der Waals surface area contributed by atoms with Gasteiger partial charge in [0.1, 0.15) is 5.60 Å². The molecule has 0 aliphatic heterocycles. The maximum Gasteiger partial charge on any atom is 0.407 e. The maximum atomic E-state index is 11.9. The highest BCUT2D eigenvalue weighted by molar-refractivity contribution is 9.10. The summed E-state index contributed by atoms with van der Waals surface area (Å²) in [5.41, 5.74) is 6.17. The number of anilines is 1. The molecule has 25 heavy (non-hydrogen) atoms. The number of carbonyl (C=O) groups excluding carboxylic acids is 2. The molecule has 0 spiro atoms. The summed E-state index contributed by atoms with van der Waals surface area (Å²) < 4.78 is 6.19. The van der Waals surface area contributed by atoms with E-state index in [0.717, 1.165) is 35.8 Å². The van der Waals surface area contributed by atoms with Crippen molar-refractivity contribution >= 4 is 33.6 Å². The Morgan fingerprint density at radius 2 is 1.76 bits per heavy atom. The van der Waals surface area contributed by atoms with Crippen molar-refractivity contribution < 1.29 is 14.3 Å². The quantitative estimate of drug-likeness (QED) is 0.702. The molecule has 0 aromatic heterocycles. The van der Waals surface area contributed by atoms with Gasteiger partial charge in [-0.15, -0.1) is 0 Å². The van der Waals surface area contributed by atoms with Gasteiger partial charge in [0, 0.05) is 22.2 Å². The van der Waals surface area contributed by atoms with Crippen molar-refractivity contribution in [3.8, 4) is 0 Å². The van der Waals surface area contributed by atoms with Crippen LogP contribution < -0.4 is 16.4 Å². The van der Waals surface area contributed by atoms with Gasteiger partial charge in [-0.05, 0) is 64.7 Å². The van der Waals surface area contributed by atoms with Crippen LogP contribution in [0.25, 0.3) is 0 Å². The van der Waals surface area contributed by atoms with E-state index in [4.69, 9.17) is 10.5 Å². The van der Waals surface area contributed by atoms with Crippen LogP contribution in [0.4, 0.5) is 10.5 Å². The lowest BCUT2D eigenvalue weighted by atomic mass is 9.91. The smallest absolute Gasteiger partial charge is 0.407 e. The van der Waals surface area contributed by atoms with E-state index in [1.165, 1.54) is 0 Å². The first-order valence-corrected chi connectivity index (χ1v) is 9.29. The molecular weight excluding hydrogens is 386 g/mol. The van der Waals surface area contributed by atoms with Crippen molar-refractivity contribution in [1.29, 1.82) is 0 Å². The van der Waals surface area contributed by atoms with Gasteiger partial charge in [0.2, 0.25) is 0 Å². The molecule has 7 heteroatoms. The number of alkyl carbamates (subject to hydrolysis) is 1. The summed E-state index contributed by atoms with van der Waals surface area (Å²) in [5, 5.41) is 6.34. The summed E-state index contributed by atoms with van der Waals surface area (Å²) in [6, 6.07) is 5.73. The van der Waals surface area contributed by atoms with E-state index in [2.05, 4.69) is 26.6 Å². The summed E-state index contributed by atoms with van der Waals surface area (Å²) in [5.74, 6) is -0.449. The summed E-state index contributed by atoms with van der Waals surface area (Å²) in [6.45, 7) is 5.55. The number of hydrogen-bond acceptors (Lipinski definition) is 4. The van der Waals surface area contributed by atoms with Gasteiger partial charge in [-0.25, -0.2) is 4.79 Å². The zero-order valence-electron chi connectivity index (χ0n) is 14.9. The number of benzene rings is 1. The maximum absolute atomic E-state index is 11.9. The molecule has 1 aromatic rings. The van der Waals surface area contributed by atoms with E-state index in [0.29, 0.717) is 5.56 Å². The Hall–Kier alpha value is -1.76. The number of carbonyl (C=O) groups is 2. The number of nitrogens with one attached hydrogen (secondary N) is 2. The Morgan fingerprint density at radius 1 is 1.16 bits per heavy atom. The van der Waals surface area contributed by atoms with Gasteiger partial charge in [-0.3, -0.25) is 4.79 Å². The normalized spacial score (nSPS) is 20.6. The lowest BCUT2D eigenvalue weighted by Gasteiger charge is -2.31. The van der Waals surface area contributed by atoms with E-state index in [-0.39, 0.29) is 18.2 Å². The Kier molecular flexibility index (Phi) is 6.32. The van der Waals surface area contributed by atoms with Crippen LogP contribution in [0.3, 0.4) is 0 Å². The van der Waals surface area contributed by atoms with E-state index in [1.54, 1.807) is 12.1 Å². The van der Waals surface area contributed by atoms with E-state index in [9.17, 15) is 9.59 Å². The molecule has 138 valence electrons. The topological polar surface area (TPSA) is 93.4 Å². The molecule has 0 saturated heterocycles. The van der Waals surface area contributed by atoms with Gasteiger partial charge < -0.3 is 21.1 Å². The summed E-state index contributed by atoms with van der Waals surface area (Å²) >= 11 is 3.42. The third kappa shape index (κ3) is 6.23. The van der Waals surface area contributed by atoms with Gasteiger partial charge in [-0.1, -0.05) is 15.9 Å². The fourth-order valence-corrected chi connectivity index (χ4v) is 3.29. The monoisotopic (exact) mass is 411 g/mol. The second-order valence-corrected chi connectivity index (χ2v) is 8.31. The molecule has 1 aliphatic rings. The summed E-state index contributed by atoms with van der Waals surface area (Å²) in [4.78, 5) is 23.4. The highest BCUT2D eigenvalue weighted by Gasteiger charge is 2.25. The first kappa shape index (κ1) is 19.6. The van der Waals surface area contributed by atoms with Gasteiger partial charge in [0.25, 0.3) is 5.91 Å². The summed E-state index contributed by atoms with van der Waals surface area (Å²) in [6.07, 6.45) is 3.14. The van der Waals surface area contributed by atoms with Crippen molar-refractivity contribution in [1.82, 2.24) is 5.32 Å². The largest absolute Gasteiger partial charge is 0.444 e. The average Bonchev–Trinajstić information content (AvgIpc) is 2.47. The van der Waals surface area contributed by atoms with Gasteiger partial charge in [0.05, 0.1) is 5.56 Å². The molecule has 2 amide bonds. The van der Waals surface area contributed by atoms with Crippen LogP contribution >= 0.6 is 15.9 Å². The van der Waals surface area contributed by atoms with Crippen molar-refractivity contribution in [2.45, 2.75) is 64.1 Å². The number of amides is 2. The number of ether oxygens (including phenoxy) is 1. The molecule has 0 atom stereocenters. The third-order valence-corrected chi connectivity index (χ3v) is 4.55. The molecule has 2 rings (SSSR count). The van der Waals surface area contributed by atoms with Crippen LogP contribution in [0, 0.1) is 0 Å². The van der Waals surface area contributed by atoms with Crippen LogP contribution in [-0.4, -0.2) is 29.7 Å². The van der Waals surface area contributed by atoms with Crippen LogP contribution in [0.5, 0.6) is 0 Å². The third-order valence-electron chi connectivity index (χ3n) is 4.05. The zero-order valence-corrected chi connectivity index (χ0v) is 16.5. The first-order valence-electron chi connectivity index (χ1n) is 8.49. The Morgan fingerprint density at radius 3 is 2.32 bits per heavy atom. The number of rotatable bonds is 4.